The molecule has 1 aromatic carbocycles. The number of hydrogen-bond donors (Lipinski definition) is 1. The summed E-state index contributed by atoms with van der Waals surface area (Å²) in [7, 11) is 1.36. The van der Waals surface area contributed by atoms with Crippen molar-refractivity contribution in [3.05, 3.63) is 34.7 Å². The lowest BCUT2D eigenvalue weighted by atomic mass is 10.1. The molecule has 1 N–H and O–H groups in total. The van der Waals surface area contributed by atoms with Gasteiger partial charge < -0.3 is 14.4 Å². The Morgan fingerprint density at radius 1 is 1.50 bits per heavy atom. The molecular formula is C11H7ClFNO4. The number of nitrogens with zero attached hydrogens (tertiary/aromatic N) is 1. The molecular weight excluding hydrogens is 265 g/mol. The molecule has 0 aliphatic heterocycles. The maximum atomic E-state index is 13.7. The highest BCUT2D eigenvalue weighted by molar-refractivity contribution is 6.32. The fourth-order valence-corrected chi connectivity index (χ4v) is 1.62. The molecule has 18 heavy (non-hydrogen) atoms. The van der Waals surface area contributed by atoms with Crippen molar-refractivity contribution in [3.63, 3.8) is 0 Å². The van der Waals surface area contributed by atoms with Crippen LogP contribution in [0.1, 0.15) is 10.5 Å². The van der Waals surface area contributed by atoms with E-state index in [1.807, 2.05) is 0 Å². The van der Waals surface area contributed by atoms with Crippen molar-refractivity contribution in [2.45, 2.75) is 0 Å². The third kappa shape index (κ3) is 2.14. The molecule has 0 atom stereocenters. The summed E-state index contributed by atoms with van der Waals surface area (Å²) in [6, 6.07) is 3.48. The fraction of sp³-hybridized carbons (Fsp3) is 0.0909. The normalized spacial score (nSPS) is 10.4. The van der Waals surface area contributed by atoms with Gasteiger partial charge in [-0.25, -0.2) is 9.18 Å². The first kappa shape index (κ1) is 12.4. The zero-order valence-electron chi connectivity index (χ0n) is 9.11. The number of aromatic carboxylic acids is 1. The lowest BCUT2D eigenvalue weighted by Crippen LogP contribution is -1.94. The molecule has 0 aliphatic rings. The molecule has 1 aromatic heterocycles. The van der Waals surface area contributed by atoms with Crippen molar-refractivity contribution in [1.82, 2.24) is 5.16 Å². The van der Waals surface area contributed by atoms with Gasteiger partial charge in [-0.05, 0) is 6.07 Å². The minimum absolute atomic E-state index is 0.0146. The Hall–Kier alpha value is -2.08. The molecule has 0 aliphatic carbocycles. The Morgan fingerprint density at radius 2 is 2.22 bits per heavy atom. The molecule has 0 spiro atoms. The number of carboxylic acids is 1. The second-order valence-corrected chi connectivity index (χ2v) is 3.76. The maximum Gasteiger partial charge on any atom is 0.358 e. The maximum absolute atomic E-state index is 13.7. The summed E-state index contributed by atoms with van der Waals surface area (Å²) >= 11 is 5.85. The van der Waals surface area contributed by atoms with E-state index in [0.717, 1.165) is 12.1 Å². The topological polar surface area (TPSA) is 72.6 Å². The number of aromatic nitrogens is 1. The van der Waals surface area contributed by atoms with Gasteiger partial charge >= 0.3 is 5.97 Å². The third-order valence-corrected chi connectivity index (χ3v) is 2.53. The Balaban J connectivity index is 2.50. The summed E-state index contributed by atoms with van der Waals surface area (Å²) in [5.41, 5.74) is -0.294. The molecule has 2 aromatic rings. The molecule has 1 heterocycles. The summed E-state index contributed by atoms with van der Waals surface area (Å²) in [6.45, 7) is 0. The lowest BCUT2D eigenvalue weighted by Gasteiger charge is -2.05. The predicted molar refractivity (Wildman–Crippen MR) is 60.4 cm³/mol. The average molecular weight is 272 g/mol. The average Bonchev–Trinajstić information content (AvgIpc) is 2.81. The zero-order valence-corrected chi connectivity index (χ0v) is 9.86. The molecule has 5 nitrogen and oxygen atoms in total. The van der Waals surface area contributed by atoms with Gasteiger partial charge in [0.2, 0.25) is 0 Å². The van der Waals surface area contributed by atoms with Crippen LogP contribution in [0.4, 0.5) is 4.39 Å². The van der Waals surface area contributed by atoms with Crippen LogP contribution in [0.2, 0.25) is 5.02 Å². The summed E-state index contributed by atoms with van der Waals surface area (Å²) in [6.07, 6.45) is 0. The van der Waals surface area contributed by atoms with E-state index >= 15 is 0 Å². The molecule has 0 saturated carbocycles. The van der Waals surface area contributed by atoms with Crippen LogP contribution in [0, 0.1) is 5.82 Å². The third-order valence-electron chi connectivity index (χ3n) is 2.24. The summed E-state index contributed by atoms with van der Waals surface area (Å²) in [5.74, 6) is -1.75. The van der Waals surface area contributed by atoms with Crippen molar-refractivity contribution in [1.29, 1.82) is 0 Å². The summed E-state index contributed by atoms with van der Waals surface area (Å²) in [4.78, 5) is 10.6. The quantitative estimate of drug-likeness (QED) is 0.929. The Kier molecular flexibility index (Phi) is 3.20. The van der Waals surface area contributed by atoms with Gasteiger partial charge in [-0.1, -0.05) is 16.8 Å². The molecule has 0 unspecified atom stereocenters. The number of methoxy groups -OCH3 is 1. The molecule has 0 fully saturated rings. The zero-order chi connectivity index (χ0) is 13.3. The monoisotopic (exact) mass is 271 g/mol. The van der Waals surface area contributed by atoms with Gasteiger partial charge in [0.15, 0.2) is 11.5 Å². The van der Waals surface area contributed by atoms with E-state index in [1.165, 1.54) is 13.2 Å². The van der Waals surface area contributed by atoms with Gasteiger partial charge in [0.05, 0.1) is 17.7 Å². The van der Waals surface area contributed by atoms with Gasteiger partial charge in [0.25, 0.3) is 0 Å². The predicted octanol–water partition coefficient (Wildman–Crippen LogP) is 2.84. The number of ether oxygens (including phenoxy) is 1. The second-order valence-electron chi connectivity index (χ2n) is 3.35. The standard InChI is InChI=1S/C11H7ClFNO4/c1-17-10-3-7(13)5(2-6(10)12)9-4-8(11(15)16)14-18-9/h2-4H,1H3,(H,15,16). The van der Waals surface area contributed by atoms with Crippen LogP contribution in [0.3, 0.4) is 0 Å². The van der Waals surface area contributed by atoms with Crippen LogP contribution in [-0.4, -0.2) is 23.3 Å². The van der Waals surface area contributed by atoms with E-state index in [-0.39, 0.29) is 27.8 Å². The molecule has 7 heteroatoms. The Morgan fingerprint density at radius 3 is 2.78 bits per heavy atom. The van der Waals surface area contributed by atoms with Gasteiger partial charge in [-0.3, -0.25) is 0 Å². The number of halogens is 2. The van der Waals surface area contributed by atoms with Crippen LogP contribution < -0.4 is 4.74 Å². The highest BCUT2D eigenvalue weighted by atomic mass is 35.5. The van der Waals surface area contributed by atoms with E-state index in [1.54, 1.807) is 0 Å². The van der Waals surface area contributed by atoms with Gasteiger partial charge in [0.1, 0.15) is 11.6 Å². The van der Waals surface area contributed by atoms with Gasteiger partial charge in [-0.15, -0.1) is 0 Å². The first-order chi connectivity index (χ1) is 8.52. The van der Waals surface area contributed by atoms with E-state index in [4.69, 9.17) is 26.0 Å². The number of rotatable bonds is 3. The van der Waals surface area contributed by atoms with Crippen molar-refractivity contribution in [2.24, 2.45) is 0 Å². The van der Waals surface area contributed by atoms with Crippen LogP contribution in [0.5, 0.6) is 5.75 Å². The summed E-state index contributed by atoms with van der Waals surface area (Å²) in [5, 5.41) is 12.2. The van der Waals surface area contributed by atoms with Crippen LogP contribution in [0.15, 0.2) is 22.7 Å². The first-order valence-electron chi connectivity index (χ1n) is 4.76. The molecule has 94 valence electrons. The Labute approximate surface area is 106 Å². The van der Waals surface area contributed by atoms with Crippen molar-refractivity contribution < 1.29 is 23.6 Å². The minimum atomic E-state index is -1.26. The molecule has 2 rings (SSSR count). The van der Waals surface area contributed by atoms with E-state index in [9.17, 15) is 9.18 Å². The van der Waals surface area contributed by atoms with Crippen LogP contribution >= 0.6 is 11.6 Å². The van der Waals surface area contributed by atoms with E-state index < -0.39 is 11.8 Å². The Bertz CT molecular complexity index is 611. The number of benzene rings is 1. The SMILES string of the molecule is COc1cc(F)c(-c2cc(C(=O)O)no2)cc1Cl. The van der Waals surface area contributed by atoms with Crippen molar-refractivity contribution in [2.75, 3.05) is 7.11 Å². The highest BCUT2D eigenvalue weighted by Gasteiger charge is 2.17. The lowest BCUT2D eigenvalue weighted by molar-refractivity contribution is 0.0686. The largest absolute Gasteiger partial charge is 0.495 e. The van der Waals surface area contributed by atoms with Crippen molar-refractivity contribution in [3.8, 4) is 17.1 Å². The minimum Gasteiger partial charge on any atom is -0.495 e. The van der Waals surface area contributed by atoms with E-state index in [0.29, 0.717) is 0 Å². The molecule has 0 amide bonds. The van der Waals surface area contributed by atoms with Crippen molar-refractivity contribution >= 4 is 17.6 Å². The first-order valence-corrected chi connectivity index (χ1v) is 5.14. The second kappa shape index (κ2) is 4.66. The summed E-state index contributed by atoms with van der Waals surface area (Å²) < 4.78 is 23.3. The molecule has 0 bridgehead atoms. The van der Waals surface area contributed by atoms with E-state index in [2.05, 4.69) is 5.16 Å². The van der Waals surface area contributed by atoms with Crippen LogP contribution in [0.25, 0.3) is 11.3 Å². The number of carbonyl (C=O) groups is 1. The van der Waals surface area contributed by atoms with Gasteiger partial charge in [0, 0.05) is 12.1 Å². The number of carboxylic acid groups (broad SMARTS) is 1. The highest BCUT2D eigenvalue weighted by Crippen LogP contribution is 2.33. The molecule has 0 radical (unpaired) electrons. The molecule has 0 saturated heterocycles. The van der Waals surface area contributed by atoms with Gasteiger partial charge in [-0.2, -0.15) is 0 Å². The fourth-order valence-electron chi connectivity index (χ4n) is 1.38. The smallest absolute Gasteiger partial charge is 0.358 e. The number of hydrogen-bond acceptors (Lipinski definition) is 4. The van der Waals surface area contributed by atoms with Crippen LogP contribution in [-0.2, 0) is 0 Å².